The third-order valence-electron chi connectivity index (χ3n) is 2.24. The van der Waals surface area contributed by atoms with E-state index in [0.717, 1.165) is 18.5 Å². The van der Waals surface area contributed by atoms with Crippen LogP contribution >= 0.6 is 0 Å². The van der Waals surface area contributed by atoms with Gasteiger partial charge in [0.1, 0.15) is 6.34 Å². The highest BCUT2D eigenvalue weighted by atomic mass is 16.6. The molecule has 0 unspecified atom stereocenters. The number of allylic oxidation sites excluding steroid dienone is 4. The number of aliphatic hydroxyl groups excluding tert-OH is 1. The zero-order chi connectivity index (χ0) is 13.3. The van der Waals surface area contributed by atoms with Crippen molar-refractivity contribution < 1.29 is 20.0 Å². The van der Waals surface area contributed by atoms with Gasteiger partial charge in [0.2, 0.25) is 0 Å². The first-order chi connectivity index (χ1) is 8.49. The van der Waals surface area contributed by atoms with Gasteiger partial charge in [0.25, 0.3) is 5.78 Å². The maximum Gasteiger partial charge on any atom is 0.320 e. The minimum Gasteiger partial charge on any atom is -0.504 e. The van der Waals surface area contributed by atoms with Gasteiger partial charge in [-0.2, -0.15) is 0 Å². The van der Waals surface area contributed by atoms with Crippen LogP contribution in [0.3, 0.4) is 0 Å². The highest BCUT2D eigenvalue weighted by Crippen LogP contribution is 2.22. The van der Waals surface area contributed by atoms with E-state index >= 15 is 0 Å². The number of hydrogen-bond acceptors (Lipinski definition) is 7. The van der Waals surface area contributed by atoms with Crippen molar-refractivity contribution in [3.05, 3.63) is 57.3 Å². The summed E-state index contributed by atoms with van der Waals surface area (Å²) in [4.78, 5) is 24.9. The van der Waals surface area contributed by atoms with Crippen molar-refractivity contribution in [1.82, 2.24) is 5.06 Å². The molecule has 0 atom stereocenters. The van der Waals surface area contributed by atoms with E-state index in [2.05, 4.69) is 4.99 Å². The number of nitro groups is 1. The second-order valence-corrected chi connectivity index (χ2v) is 3.43. The van der Waals surface area contributed by atoms with E-state index in [9.17, 15) is 20.0 Å². The molecule has 8 heteroatoms. The summed E-state index contributed by atoms with van der Waals surface area (Å²) < 4.78 is 0. The summed E-state index contributed by atoms with van der Waals surface area (Å²) in [5.74, 6) is -1.77. The van der Waals surface area contributed by atoms with Crippen LogP contribution in [0.25, 0.3) is 0 Å². The Balaban J connectivity index is 2.49. The molecule has 18 heavy (non-hydrogen) atoms. The first-order valence-electron chi connectivity index (χ1n) is 4.74. The molecule has 0 amide bonds. The van der Waals surface area contributed by atoms with Crippen LogP contribution in [0.15, 0.2) is 52.1 Å². The van der Waals surface area contributed by atoms with Gasteiger partial charge in [0, 0.05) is 17.8 Å². The molecule has 1 aliphatic heterocycles. The maximum absolute atomic E-state index is 11.3. The summed E-state index contributed by atoms with van der Waals surface area (Å²) in [5, 5.41) is 29.7. The predicted molar refractivity (Wildman–Crippen MR) is 59.1 cm³/mol. The van der Waals surface area contributed by atoms with E-state index in [4.69, 9.17) is 5.21 Å². The van der Waals surface area contributed by atoms with Crippen molar-refractivity contribution in [3.8, 4) is 0 Å². The van der Waals surface area contributed by atoms with Crippen LogP contribution in [0.4, 0.5) is 0 Å². The molecule has 2 rings (SSSR count). The third-order valence-corrected chi connectivity index (χ3v) is 2.24. The second kappa shape index (κ2) is 4.26. The molecule has 1 aliphatic carbocycles. The highest BCUT2D eigenvalue weighted by Gasteiger charge is 2.30. The molecular weight excluding hydrogens is 242 g/mol. The van der Waals surface area contributed by atoms with Gasteiger partial charge < -0.3 is 5.11 Å². The van der Waals surface area contributed by atoms with Crippen LogP contribution in [0.1, 0.15) is 0 Å². The van der Waals surface area contributed by atoms with E-state index in [1.165, 1.54) is 12.3 Å². The fourth-order valence-electron chi connectivity index (χ4n) is 1.40. The molecule has 0 radical (unpaired) electrons. The lowest BCUT2D eigenvalue weighted by molar-refractivity contribution is -0.418. The summed E-state index contributed by atoms with van der Waals surface area (Å²) in [7, 11) is 0. The molecule has 0 aromatic rings. The number of rotatable bonds is 1. The Morgan fingerprint density at radius 1 is 1.39 bits per heavy atom. The molecule has 8 nitrogen and oxygen atoms in total. The number of carbonyl (C=O) groups is 1. The number of Topliss-reactive ketones (excluding diaryl/α,β-unsaturated/α-hetero) is 1. The SMILES string of the molecule is O=C1C(O)=CC(=C2C=CN(O)C=N2)C=C1[N+](=O)[O-]. The molecular formula is C10H7N3O5. The van der Waals surface area contributed by atoms with Gasteiger partial charge in [-0.15, -0.1) is 0 Å². The fraction of sp³-hybridized carbons (Fsp3) is 0. The number of hydroxylamine groups is 2. The summed E-state index contributed by atoms with van der Waals surface area (Å²) in [6.07, 6.45) is 5.81. The fourth-order valence-corrected chi connectivity index (χ4v) is 1.40. The Labute approximate surface area is 100 Å². The van der Waals surface area contributed by atoms with Gasteiger partial charge in [-0.25, -0.2) is 10.1 Å². The minimum atomic E-state index is -1.04. The van der Waals surface area contributed by atoms with Crippen LogP contribution in [0.2, 0.25) is 0 Å². The number of aliphatic imine (C=N–C) groups is 1. The second-order valence-electron chi connectivity index (χ2n) is 3.43. The van der Waals surface area contributed by atoms with Crippen LogP contribution in [0.5, 0.6) is 0 Å². The molecule has 2 N–H and O–H groups in total. The highest BCUT2D eigenvalue weighted by molar-refractivity contribution is 6.06. The summed E-state index contributed by atoms with van der Waals surface area (Å²) in [6, 6.07) is 0. The number of ketones is 1. The van der Waals surface area contributed by atoms with Gasteiger partial charge in [0.15, 0.2) is 5.76 Å². The lowest BCUT2D eigenvalue weighted by Gasteiger charge is -2.12. The molecule has 0 aromatic carbocycles. The summed E-state index contributed by atoms with van der Waals surface area (Å²) in [6.45, 7) is 0. The van der Waals surface area contributed by atoms with Crippen LogP contribution in [-0.2, 0) is 4.79 Å². The Morgan fingerprint density at radius 3 is 2.67 bits per heavy atom. The Bertz CT molecular complexity index is 566. The largest absolute Gasteiger partial charge is 0.504 e. The van der Waals surface area contributed by atoms with Gasteiger partial charge in [-0.1, -0.05) is 0 Å². The Hall–Kier alpha value is -2.74. The average Bonchev–Trinajstić information content (AvgIpc) is 2.33. The standard InChI is InChI=1S/C10H7N3O5/c14-9-4-6(3-8(10(9)15)13(17)18)7-1-2-12(16)5-11-7/h1-5,14,16H. The lowest BCUT2D eigenvalue weighted by Crippen LogP contribution is -2.18. The maximum atomic E-state index is 11.3. The first-order valence-corrected chi connectivity index (χ1v) is 4.74. The van der Waals surface area contributed by atoms with Gasteiger partial charge in [-0.3, -0.25) is 20.1 Å². The van der Waals surface area contributed by atoms with Gasteiger partial charge >= 0.3 is 5.70 Å². The first kappa shape index (κ1) is 11.7. The lowest BCUT2D eigenvalue weighted by atomic mass is 10.0. The van der Waals surface area contributed by atoms with Crippen LogP contribution in [0, 0.1) is 10.1 Å². The number of hydrogen-bond donors (Lipinski definition) is 2. The smallest absolute Gasteiger partial charge is 0.320 e. The Kier molecular flexibility index (Phi) is 2.78. The van der Waals surface area contributed by atoms with E-state index in [-0.39, 0.29) is 11.3 Å². The number of carbonyl (C=O) groups excluding carboxylic acids is 1. The van der Waals surface area contributed by atoms with Crippen LogP contribution in [-0.4, -0.2) is 32.4 Å². The number of aliphatic hydroxyl groups is 1. The average molecular weight is 249 g/mol. The van der Waals surface area contributed by atoms with E-state index in [1.54, 1.807) is 0 Å². The topological polar surface area (TPSA) is 116 Å². The third kappa shape index (κ3) is 2.04. The van der Waals surface area contributed by atoms with Crippen molar-refractivity contribution >= 4 is 12.1 Å². The zero-order valence-electron chi connectivity index (χ0n) is 8.85. The van der Waals surface area contributed by atoms with Gasteiger partial charge in [0.05, 0.1) is 10.6 Å². The zero-order valence-corrected chi connectivity index (χ0v) is 8.85. The van der Waals surface area contributed by atoms with Crippen molar-refractivity contribution in [2.75, 3.05) is 0 Å². The van der Waals surface area contributed by atoms with Crippen molar-refractivity contribution in [1.29, 1.82) is 0 Å². The number of nitrogens with zero attached hydrogens (tertiary/aromatic N) is 3. The van der Waals surface area contributed by atoms with E-state index in [0.29, 0.717) is 5.06 Å². The van der Waals surface area contributed by atoms with Crippen molar-refractivity contribution in [3.63, 3.8) is 0 Å². The summed E-state index contributed by atoms with van der Waals surface area (Å²) >= 11 is 0. The predicted octanol–water partition coefficient (Wildman–Crippen LogP) is 0.672. The Morgan fingerprint density at radius 2 is 2.11 bits per heavy atom. The molecule has 0 spiro atoms. The molecule has 0 bridgehead atoms. The van der Waals surface area contributed by atoms with Crippen LogP contribution < -0.4 is 0 Å². The monoisotopic (exact) mass is 249 g/mol. The van der Waals surface area contributed by atoms with E-state index < -0.39 is 22.2 Å². The molecule has 0 saturated carbocycles. The molecule has 0 fully saturated rings. The normalized spacial score (nSPS) is 22.9. The molecule has 2 aliphatic rings. The molecule has 0 saturated heterocycles. The quantitative estimate of drug-likeness (QED) is 0.521. The van der Waals surface area contributed by atoms with E-state index in [1.807, 2.05) is 0 Å². The molecule has 92 valence electrons. The van der Waals surface area contributed by atoms with Crippen molar-refractivity contribution in [2.24, 2.45) is 4.99 Å². The minimum absolute atomic E-state index is 0.208. The summed E-state index contributed by atoms with van der Waals surface area (Å²) in [5.41, 5.74) is -0.245. The molecule has 1 heterocycles. The van der Waals surface area contributed by atoms with Gasteiger partial charge in [-0.05, 0) is 12.2 Å². The van der Waals surface area contributed by atoms with Crippen molar-refractivity contribution in [2.45, 2.75) is 0 Å². The molecule has 0 aromatic heterocycles.